The molecular formula is C23H31N5O2+2. The van der Waals surface area contributed by atoms with Crippen LogP contribution in [0.3, 0.4) is 0 Å². The van der Waals surface area contributed by atoms with Gasteiger partial charge >= 0.3 is 0 Å². The van der Waals surface area contributed by atoms with E-state index in [1.807, 2.05) is 0 Å². The van der Waals surface area contributed by atoms with Gasteiger partial charge in [0.1, 0.15) is 24.7 Å². The summed E-state index contributed by atoms with van der Waals surface area (Å²) in [5.41, 5.74) is 4.57. The topological polar surface area (TPSA) is 76.1 Å². The van der Waals surface area contributed by atoms with Crippen molar-refractivity contribution in [3.05, 3.63) is 52.6 Å². The second-order valence-corrected chi connectivity index (χ2v) is 7.90. The molecule has 0 bridgehead atoms. The molecule has 1 atom stereocenters. The van der Waals surface area contributed by atoms with Gasteiger partial charge in [-0.2, -0.15) is 5.26 Å². The molecule has 1 aromatic carbocycles. The molecule has 30 heavy (non-hydrogen) atoms. The number of benzene rings is 1. The van der Waals surface area contributed by atoms with Gasteiger partial charge in [-0.3, -0.25) is 4.90 Å². The normalized spacial score (nSPS) is 18.5. The minimum absolute atomic E-state index is 0.595. The van der Waals surface area contributed by atoms with E-state index in [0.717, 1.165) is 69.6 Å². The van der Waals surface area contributed by atoms with E-state index in [1.165, 1.54) is 21.6 Å². The molecule has 7 nitrogen and oxygen atoms in total. The van der Waals surface area contributed by atoms with Crippen LogP contribution in [-0.4, -0.2) is 53.1 Å². The monoisotopic (exact) mass is 409 g/mol. The lowest BCUT2D eigenvalue weighted by Gasteiger charge is -2.31. The minimum atomic E-state index is 0.595. The molecule has 0 amide bonds. The van der Waals surface area contributed by atoms with E-state index >= 15 is 0 Å². The SMILES string of the molecule is COCCNc1[nH+]c(N2CCOCC2)c2c(c1C#N)CC[NH+](Cc1ccccc1)C2. The molecule has 1 aromatic heterocycles. The van der Waals surface area contributed by atoms with E-state index in [0.29, 0.717) is 13.2 Å². The second kappa shape index (κ2) is 9.90. The maximum Gasteiger partial charge on any atom is 0.237 e. The number of aromatic amines is 1. The fraction of sp³-hybridized carbons (Fsp3) is 0.478. The number of nitriles is 1. The van der Waals surface area contributed by atoms with Crippen molar-refractivity contribution in [1.82, 2.24) is 0 Å². The molecule has 1 saturated heterocycles. The van der Waals surface area contributed by atoms with Crippen LogP contribution in [0.25, 0.3) is 0 Å². The summed E-state index contributed by atoms with van der Waals surface area (Å²) in [5, 5.41) is 13.3. The van der Waals surface area contributed by atoms with Gasteiger partial charge in [0.15, 0.2) is 0 Å². The lowest BCUT2D eigenvalue weighted by Crippen LogP contribution is -3.10. The van der Waals surface area contributed by atoms with Crippen molar-refractivity contribution in [2.75, 3.05) is 63.3 Å². The van der Waals surface area contributed by atoms with Gasteiger partial charge in [-0.25, -0.2) is 4.98 Å². The lowest BCUT2D eigenvalue weighted by atomic mass is 9.94. The van der Waals surface area contributed by atoms with Crippen molar-refractivity contribution in [2.45, 2.75) is 19.5 Å². The first-order valence-electron chi connectivity index (χ1n) is 10.7. The number of hydrogen-bond donors (Lipinski definition) is 2. The number of hydrogen-bond acceptors (Lipinski definition) is 5. The summed E-state index contributed by atoms with van der Waals surface area (Å²) < 4.78 is 10.8. The smallest absolute Gasteiger partial charge is 0.237 e. The van der Waals surface area contributed by atoms with E-state index in [9.17, 15) is 5.26 Å². The van der Waals surface area contributed by atoms with Gasteiger partial charge in [0, 0.05) is 19.1 Å². The maximum atomic E-state index is 9.95. The Kier molecular flexibility index (Phi) is 6.80. The van der Waals surface area contributed by atoms with Crippen LogP contribution in [-0.2, 0) is 29.0 Å². The average molecular weight is 410 g/mol. The molecule has 0 saturated carbocycles. The fourth-order valence-corrected chi connectivity index (χ4v) is 4.43. The number of H-pyrrole nitrogens is 1. The highest BCUT2D eigenvalue weighted by Crippen LogP contribution is 2.28. The first-order chi connectivity index (χ1) is 14.8. The van der Waals surface area contributed by atoms with Gasteiger partial charge in [-0.05, 0) is 5.56 Å². The predicted molar refractivity (Wildman–Crippen MR) is 114 cm³/mol. The predicted octanol–water partition coefficient (Wildman–Crippen LogP) is 0.408. The van der Waals surface area contributed by atoms with Crippen LogP contribution < -0.4 is 20.1 Å². The zero-order chi connectivity index (χ0) is 20.8. The number of nitrogens with one attached hydrogen (secondary N) is 3. The molecule has 3 N–H and O–H groups in total. The molecule has 0 aliphatic carbocycles. The number of nitrogens with zero attached hydrogens (tertiary/aromatic N) is 2. The largest absolute Gasteiger partial charge is 0.381 e. The van der Waals surface area contributed by atoms with Crippen LogP contribution in [0.4, 0.5) is 11.6 Å². The standard InChI is InChI=1S/C23H29N5O2/c1-29-12-8-25-22-20(15-24)19-7-9-27(16-18-5-3-2-4-6-18)17-21(19)23(26-22)28-10-13-30-14-11-28/h2-6H,7-14,16-17H2,1H3,(H,25,26)/p+2. The van der Waals surface area contributed by atoms with Crippen molar-refractivity contribution >= 4 is 11.6 Å². The number of morpholine rings is 1. The van der Waals surface area contributed by atoms with E-state index in [1.54, 1.807) is 7.11 Å². The summed E-state index contributed by atoms with van der Waals surface area (Å²) in [6.07, 6.45) is 0.908. The van der Waals surface area contributed by atoms with Gasteiger partial charge < -0.3 is 19.7 Å². The van der Waals surface area contributed by atoms with E-state index in [2.05, 4.69) is 51.6 Å². The fourth-order valence-electron chi connectivity index (χ4n) is 4.43. The minimum Gasteiger partial charge on any atom is -0.381 e. The lowest BCUT2D eigenvalue weighted by molar-refractivity contribution is -0.929. The Morgan fingerprint density at radius 1 is 1.23 bits per heavy atom. The zero-order valence-corrected chi connectivity index (χ0v) is 17.7. The van der Waals surface area contributed by atoms with Gasteiger partial charge in [0.25, 0.3) is 0 Å². The third-order valence-electron chi connectivity index (χ3n) is 5.94. The number of anilines is 2. The summed E-state index contributed by atoms with van der Waals surface area (Å²) in [6, 6.07) is 13.1. The summed E-state index contributed by atoms with van der Waals surface area (Å²) >= 11 is 0. The molecule has 2 aliphatic heterocycles. The van der Waals surface area contributed by atoms with Crippen molar-refractivity contribution < 1.29 is 19.4 Å². The van der Waals surface area contributed by atoms with Gasteiger partial charge in [-0.15, -0.1) is 0 Å². The first kappa shape index (κ1) is 20.6. The highest BCUT2D eigenvalue weighted by Gasteiger charge is 2.33. The third-order valence-corrected chi connectivity index (χ3v) is 5.94. The van der Waals surface area contributed by atoms with Crippen LogP contribution >= 0.6 is 0 Å². The molecule has 2 aromatic rings. The van der Waals surface area contributed by atoms with Crippen molar-refractivity contribution in [3.8, 4) is 6.07 Å². The van der Waals surface area contributed by atoms with E-state index < -0.39 is 0 Å². The number of aromatic nitrogens is 1. The summed E-state index contributed by atoms with van der Waals surface area (Å²) in [5.74, 6) is 1.94. The van der Waals surface area contributed by atoms with E-state index in [-0.39, 0.29) is 0 Å². The first-order valence-corrected chi connectivity index (χ1v) is 10.7. The summed E-state index contributed by atoms with van der Waals surface area (Å²) in [4.78, 5) is 7.47. The molecule has 0 radical (unpaired) electrons. The number of rotatable bonds is 7. The number of ether oxygens (including phenoxy) is 2. The summed E-state index contributed by atoms with van der Waals surface area (Å²) in [7, 11) is 1.69. The maximum absolute atomic E-state index is 9.95. The highest BCUT2D eigenvalue weighted by molar-refractivity contribution is 5.61. The average Bonchev–Trinajstić information content (AvgIpc) is 2.80. The number of methoxy groups -OCH3 is 1. The summed E-state index contributed by atoms with van der Waals surface area (Å²) in [6.45, 7) is 7.39. The Balaban J connectivity index is 1.67. The molecule has 7 heteroatoms. The van der Waals surface area contributed by atoms with Crippen molar-refractivity contribution in [1.29, 1.82) is 5.26 Å². The van der Waals surface area contributed by atoms with Crippen LogP contribution in [0.5, 0.6) is 0 Å². The van der Waals surface area contributed by atoms with Gasteiger partial charge in [0.05, 0.1) is 51.6 Å². The Morgan fingerprint density at radius 3 is 2.77 bits per heavy atom. The number of quaternary nitrogens is 1. The Morgan fingerprint density at radius 2 is 2.03 bits per heavy atom. The third kappa shape index (κ3) is 4.57. The molecule has 0 spiro atoms. The quantitative estimate of drug-likeness (QED) is 0.648. The van der Waals surface area contributed by atoms with Crippen LogP contribution in [0.2, 0.25) is 0 Å². The van der Waals surface area contributed by atoms with Crippen LogP contribution in [0.1, 0.15) is 22.3 Å². The molecule has 158 valence electrons. The molecular weight excluding hydrogens is 378 g/mol. The number of pyridine rings is 1. The molecule has 1 fully saturated rings. The highest BCUT2D eigenvalue weighted by atomic mass is 16.5. The Hall–Kier alpha value is -2.66. The molecule has 1 unspecified atom stereocenters. The molecule has 3 heterocycles. The zero-order valence-electron chi connectivity index (χ0n) is 17.7. The molecule has 4 rings (SSSR count). The second-order valence-electron chi connectivity index (χ2n) is 7.90. The van der Waals surface area contributed by atoms with E-state index in [4.69, 9.17) is 9.47 Å². The van der Waals surface area contributed by atoms with Crippen LogP contribution in [0.15, 0.2) is 30.3 Å². The Bertz CT molecular complexity index is 891. The van der Waals surface area contributed by atoms with Crippen molar-refractivity contribution in [3.63, 3.8) is 0 Å². The Labute approximate surface area is 178 Å². The number of fused-ring (bicyclic) bond motifs is 1. The van der Waals surface area contributed by atoms with Gasteiger partial charge in [-0.1, -0.05) is 30.3 Å². The van der Waals surface area contributed by atoms with Crippen molar-refractivity contribution in [2.24, 2.45) is 0 Å². The molecule has 2 aliphatic rings. The van der Waals surface area contributed by atoms with Crippen LogP contribution in [0, 0.1) is 11.3 Å². The van der Waals surface area contributed by atoms with Gasteiger partial charge in [0.2, 0.25) is 11.6 Å².